The maximum absolute atomic E-state index is 5.86. The summed E-state index contributed by atoms with van der Waals surface area (Å²) in [4.78, 5) is 0. The Bertz CT molecular complexity index is 520. The Labute approximate surface area is 98.2 Å². The zero-order valence-corrected chi connectivity index (χ0v) is 9.78. The Kier molecular flexibility index (Phi) is 2.70. The summed E-state index contributed by atoms with van der Waals surface area (Å²) >= 11 is 5.86. The molecule has 0 atom stereocenters. The lowest BCUT2D eigenvalue weighted by Gasteiger charge is -2.04. The smallest absolute Gasteiger partial charge is 0.224 e. The van der Waals surface area contributed by atoms with Gasteiger partial charge in [-0.05, 0) is 18.2 Å². The van der Waals surface area contributed by atoms with Gasteiger partial charge < -0.3 is 11.1 Å². The first kappa shape index (κ1) is 10.8. The van der Waals surface area contributed by atoms with Crippen LogP contribution >= 0.6 is 11.6 Å². The summed E-state index contributed by atoms with van der Waals surface area (Å²) < 4.78 is 1.85. The van der Waals surface area contributed by atoms with Gasteiger partial charge in [-0.3, -0.25) is 4.57 Å². The van der Waals surface area contributed by atoms with Crippen LogP contribution < -0.4 is 11.1 Å². The van der Waals surface area contributed by atoms with E-state index in [1.54, 1.807) is 19.2 Å². The normalized spacial score (nSPS) is 10.4. The van der Waals surface area contributed by atoms with Gasteiger partial charge in [-0.2, -0.15) is 0 Å². The van der Waals surface area contributed by atoms with Gasteiger partial charge in [-0.25, -0.2) is 0 Å². The zero-order valence-electron chi connectivity index (χ0n) is 9.03. The van der Waals surface area contributed by atoms with Crippen molar-refractivity contribution in [1.82, 2.24) is 14.8 Å². The molecule has 0 radical (unpaired) electrons. The van der Waals surface area contributed by atoms with E-state index in [0.29, 0.717) is 16.7 Å². The van der Waals surface area contributed by atoms with Crippen LogP contribution in [0.1, 0.15) is 0 Å². The molecule has 1 heterocycles. The van der Waals surface area contributed by atoms with Crippen LogP contribution in [0.25, 0.3) is 11.4 Å². The minimum Gasteiger partial charge on any atom is -0.398 e. The lowest BCUT2D eigenvalue weighted by Crippen LogP contribution is -2.00. The highest BCUT2D eigenvalue weighted by Gasteiger charge is 2.10. The van der Waals surface area contributed by atoms with E-state index < -0.39 is 0 Å². The molecule has 0 unspecified atom stereocenters. The Balaban J connectivity index is 2.50. The summed E-state index contributed by atoms with van der Waals surface area (Å²) in [5.41, 5.74) is 7.17. The summed E-state index contributed by atoms with van der Waals surface area (Å²) in [6.45, 7) is 0. The van der Waals surface area contributed by atoms with Crippen LogP contribution in [0.4, 0.5) is 11.6 Å². The number of hydrogen-bond acceptors (Lipinski definition) is 4. The number of aromatic nitrogens is 3. The summed E-state index contributed by atoms with van der Waals surface area (Å²) in [7, 11) is 3.68. The minimum absolute atomic E-state index is 0.535. The Morgan fingerprint density at radius 3 is 2.69 bits per heavy atom. The van der Waals surface area contributed by atoms with Crippen LogP contribution in [0.2, 0.25) is 5.02 Å². The molecule has 3 N–H and O–H groups in total. The minimum atomic E-state index is 0.535. The van der Waals surface area contributed by atoms with E-state index in [-0.39, 0.29) is 0 Å². The number of anilines is 2. The van der Waals surface area contributed by atoms with Gasteiger partial charge in [-0.15, -0.1) is 10.2 Å². The Morgan fingerprint density at radius 1 is 1.38 bits per heavy atom. The van der Waals surface area contributed by atoms with Gasteiger partial charge in [0.1, 0.15) is 0 Å². The molecule has 5 nitrogen and oxygen atoms in total. The first-order valence-electron chi connectivity index (χ1n) is 4.76. The molecule has 2 rings (SSSR count). The fourth-order valence-electron chi connectivity index (χ4n) is 1.48. The van der Waals surface area contributed by atoms with Gasteiger partial charge in [0.2, 0.25) is 5.95 Å². The quantitative estimate of drug-likeness (QED) is 0.781. The van der Waals surface area contributed by atoms with Crippen molar-refractivity contribution in [2.24, 2.45) is 7.05 Å². The van der Waals surface area contributed by atoms with Crippen molar-refractivity contribution < 1.29 is 0 Å². The average molecular weight is 238 g/mol. The van der Waals surface area contributed by atoms with Crippen molar-refractivity contribution in [2.45, 2.75) is 0 Å². The van der Waals surface area contributed by atoms with Crippen LogP contribution in [0.15, 0.2) is 18.2 Å². The van der Waals surface area contributed by atoms with Gasteiger partial charge in [0, 0.05) is 19.7 Å². The molecule has 0 aliphatic carbocycles. The van der Waals surface area contributed by atoms with E-state index in [1.165, 1.54) is 0 Å². The van der Waals surface area contributed by atoms with Crippen molar-refractivity contribution in [3.05, 3.63) is 23.2 Å². The first-order valence-corrected chi connectivity index (χ1v) is 5.14. The highest BCUT2D eigenvalue weighted by Crippen LogP contribution is 2.26. The molecule has 0 saturated carbocycles. The molecule has 84 valence electrons. The van der Waals surface area contributed by atoms with Crippen LogP contribution in [-0.4, -0.2) is 21.8 Å². The fourth-order valence-corrected chi connectivity index (χ4v) is 1.60. The Morgan fingerprint density at radius 2 is 2.12 bits per heavy atom. The summed E-state index contributed by atoms with van der Waals surface area (Å²) in [6, 6.07) is 5.40. The van der Waals surface area contributed by atoms with Gasteiger partial charge in [0.05, 0.1) is 10.7 Å². The molecule has 0 spiro atoms. The summed E-state index contributed by atoms with van der Waals surface area (Å²) in [5, 5.41) is 11.6. The molecule has 0 saturated heterocycles. The molecule has 16 heavy (non-hydrogen) atoms. The maximum Gasteiger partial charge on any atom is 0.224 e. The molecule has 0 bridgehead atoms. The zero-order chi connectivity index (χ0) is 11.7. The number of nitrogens with two attached hydrogens (primary N) is 1. The molecule has 1 aromatic heterocycles. The third kappa shape index (κ3) is 1.69. The molecule has 0 aliphatic rings. The van der Waals surface area contributed by atoms with Crippen molar-refractivity contribution in [1.29, 1.82) is 0 Å². The van der Waals surface area contributed by atoms with Gasteiger partial charge >= 0.3 is 0 Å². The summed E-state index contributed by atoms with van der Waals surface area (Å²) in [5.74, 6) is 1.44. The van der Waals surface area contributed by atoms with Crippen molar-refractivity contribution in [2.75, 3.05) is 18.1 Å². The Hall–Kier alpha value is -1.75. The summed E-state index contributed by atoms with van der Waals surface area (Å²) in [6.07, 6.45) is 0. The van der Waals surface area contributed by atoms with Crippen LogP contribution in [0.3, 0.4) is 0 Å². The first-order chi connectivity index (χ1) is 7.63. The standard InChI is InChI=1S/C10H12ClN5/c1-13-10-15-14-9(16(10)2)6-3-4-7(11)8(12)5-6/h3-5H,12H2,1-2H3,(H,13,15). The number of nitrogen functional groups attached to an aromatic ring is 1. The second-order valence-electron chi connectivity index (χ2n) is 3.39. The third-order valence-electron chi connectivity index (χ3n) is 2.35. The second kappa shape index (κ2) is 4.02. The number of benzene rings is 1. The van der Waals surface area contributed by atoms with E-state index >= 15 is 0 Å². The molecule has 2 aromatic rings. The SMILES string of the molecule is CNc1nnc(-c2ccc(Cl)c(N)c2)n1C. The largest absolute Gasteiger partial charge is 0.398 e. The molecule has 0 fully saturated rings. The van der Waals surface area contributed by atoms with E-state index in [4.69, 9.17) is 17.3 Å². The maximum atomic E-state index is 5.86. The average Bonchev–Trinajstić information content (AvgIpc) is 2.64. The van der Waals surface area contributed by atoms with E-state index in [0.717, 1.165) is 11.4 Å². The second-order valence-corrected chi connectivity index (χ2v) is 3.80. The third-order valence-corrected chi connectivity index (χ3v) is 2.70. The number of halogens is 1. The van der Waals surface area contributed by atoms with Crippen molar-refractivity contribution >= 4 is 23.2 Å². The van der Waals surface area contributed by atoms with Gasteiger partial charge in [-0.1, -0.05) is 11.6 Å². The molecular formula is C10H12ClN5. The number of rotatable bonds is 2. The van der Waals surface area contributed by atoms with Crippen LogP contribution in [0, 0.1) is 0 Å². The molecule has 1 aromatic carbocycles. The highest BCUT2D eigenvalue weighted by molar-refractivity contribution is 6.33. The fraction of sp³-hybridized carbons (Fsp3) is 0.200. The lowest BCUT2D eigenvalue weighted by molar-refractivity contribution is 0.925. The van der Waals surface area contributed by atoms with Gasteiger partial charge in [0.15, 0.2) is 5.82 Å². The molecule has 0 aliphatic heterocycles. The topological polar surface area (TPSA) is 68.8 Å². The highest BCUT2D eigenvalue weighted by atomic mass is 35.5. The van der Waals surface area contributed by atoms with Crippen LogP contribution in [-0.2, 0) is 7.05 Å². The monoisotopic (exact) mass is 237 g/mol. The van der Waals surface area contributed by atoms with Crippen molar-refractivity contribution in [3.8, 4) is 11.4 Å². The molecule has 0 amide bonds. The van der Waals surface area contributed by atoms with E-state index in [9.17, 15) is 0 Å². The van der Waals surface area contributed by atoms with Crippen molar-refractivity contribution in [3.63, 3.8) is 0 Å². The predicted molar refractivity (Wildman–Crippen MR) is 65.4 cm³/mol. The molecular weight excluding hydrogens is 226 g/mol. The predicted octanol–water partition coefficient (Wildman–Crippen LogP) is 1.76. The number of nitrogens with zero attached hydrogens (tertiary/aromatic N) is 3. The van der Waals surface area contributed by atoms with Gasteiger partial charge in [0.25, 0.3) is 0 Å². The van der Waals surface area contributed by atoms with E-state index in [2.05, 4.69) is 15.5 Å². The van der Waals surface area contributed by atoms with E-state index in [1.807, 2.05) is 17.7 Å². The molecule has 6 heteroatoms. The lowest BCUT2D eigenvalue weighted by atomic mass is 10.2. The number of nitrogens with one attached hydrogen (secondary N) is 1. The van der Waals surface area contributed by atoms with Crippen LogP contribution in [0.5, 0.6) is 0 Å². The number of hydrogen-bond donors (Lipinski definition) is 2.